The maximum absolute atomic E-state index is 12.1. The monoisotopic (exact) mass is 260 g/mol. The molecule has 0 fully saturated rings. The molecule has 0 radical (unpaired) electrons. The quantitative estimate of drug-likeness (QED) is 0.492. The highest BCUT2D eigenvalue weighted by molar-refractivity contribution is 5.96. The number of hydrogen-bond donors (Lipinski definition) is 0. The van der Waals surface area contributed by atoms with Crippen LogP contribution in [0.5, 0.6) is 0 Å². The molecule has 3 aromatic rings. The first-order chi connectivity index (χ1) is 9.70. The number of fused-ring (bicyclic) bond motifs is 1. The smallest absolute Gasteiger partial charge is 0.352 e. The van der Waals surface area contributed by atoms with Gasteiger partial charge in [-0.25, -0.2) is 4.79 Å². The number of aryl methyl sites for hydroxylation is 1. The Morgan fingerprint density at radius 2 is 1.85 bits per heavy atom. The zero-order valence-electron chi connectivity index (χ0n) is 11.0. The van der Waals surface area contributed by atoms with Crippen molar-refractivity contribution in [1.82, 2.24) is 0 Å². The van der Waals surface area contributed by atoms with E-state index in [1.165, 1.54) is 0 Å². The van der Waals surface area contributed by atoms with E-state index in [1.807, 2.05) is 55.5 Å². The maximum Gasteiger partial charge on any atom is 0.352 e. The number of benzene rings is 2. The van der Waals surface area contributed by atoms with Crippen LogP contribution < -0.4 is 5.63 Å². The lowest BCUT2D eigenvalue weighted by Gasteiger charge is -2.08. The van der Waals surface area contributed by atoms with Crippen LogP contribution in [0.4, 0.5) is 0 Å². The van der Waals surface area contributed by atoms with Crippen LogP contribution in [0.15, 0.2) is 57.7 Å². The summed E-state index contributed by atoms with van der Waals surface area (Å²) in [5, 5.41) is 0.856. The summed E-state index contributed by atoms with van der Waals surface area (Å²) < 4.78 is 5.33. The summed E-state index contributed by atoms with van der Waals surface area (Å²) in [4.78, 5) is 12.1. The van der Waals surface area contributed by atoms with Crippen LogP contribution in [0.1, 0.15) is 11.1 Å². The molecule has 0 saturated carbocycles. The molecule has 0 spiro atoms. The van der Waals surface area contributed by atoms with Gasteiger partial charge in [0.1, 0.15) is 11.1 Å². The first-order valence-electron chi connectivity index (χ1n) is 6.30. The molecule has 0 amide bonds. The van der Waals surface area contributed by atoms with Gasteiger partial charge in [0, 0.05) is 10.9 Å². The fraction of sp³-hybridized carbons (Fsp3) is 0.0556. The van der Waals surface area contributed by atoms with Crippen molar-refractivity contribution in [2.24, 2.45) is 0 Å². The van der Waals surface area contributed by atoms with E-state index in [4.69, 9.17) is 10.8 Å². The van der Waals surface area contributed by atoms with E-state index in [9.17, 15) is 4.79 Å². The Morgan fingerprint density at radius 1 is 1.10 bits per heavy atom. The van der Waals surface area contributed by atoms with E-state index in [0.29, 0.717) is 5.58 Å². The molecule has 3 rings (SSSR count). The van der Waals surface area contributed by atoms with Crippen molar-refractivity contribution in [2.75, 3.05) is 0 Å². The van der Waals surface area contributed by atoms with Crippen LogP contribution >= 0.6 is 0 Å². The largest absolute Gasteiger partial charge is 0.422 e. The van der Waals surface area contributed by atoms with Crippen LogP contribution in [0.2, 0.25) is 0 Å². The van der Waals surface area contributed by atoms with Crippen molar-refractivity contribution in [3.8, 4) is 23.5 Å². The lowest BCUT2D eigenvalue weighted by molar-refractivity contribution is 0.559. The van der Waals surface area contributed by atoms with Crippen LogP contribution in [0.25, 0.3) is 22.1 Å². The summed E-state index contributed by atoms with van der Waals surface area (Å²) >= 11 is 0. The number of rotatable bonds is 1. The third-order valence-electron chi connectivity index (χ3n) is 3.27. The summed E-state index contributed by atoms with van der Waals surface area (Å²) in [6, 6.07) is 15.4. The van der Waals surface area contributed by atoms with Gasteiger partial charge in [-0.1, -0.05) is 48.4 Å². The van der Waals surface area contributed by atoms with Gasteiger partial charge in [-0.2, -0.15) is 0 Å². The van der Waals surface area contributed by atoms with Gasteiger partial charge in [0.25, 0.3) is 0 Å². The average Bonchev–Trinajstić information content (AvgIpc) is 2.46. The van der Waals surface area contributed by atoms with Crippen LogP contribution in [-0.4, -0.2) is 0 Å². The number of hydrogen-bond acceptors (Lipinski definition) is 2. The van der Waals surface area contributed by atoms with E-state index >= 15 is 0 Å². The second-order valence-electron chi connectivity index (χ2n) is 4.65. The SMILES string of the molecule is C#Cc1c(-c2ccccc2)c2ccc(C)cc2oc1=O. The molecule has 0 aliphatic rings. The second-order valence-corrected chi connectivity index (χ2v) is 4.65. The molecule has 2 nitrogen and oxygen atoms in total. The highest BCUT2D eigenvalue weighted by Gasteiger charge is 2.14. The van der Waals surface area contributed by atoms with Crippen molar-refractivity contribution >= 4 is 11.0 Å². The van der Waals surface area contributed by atoms with Gasteiger partial charge in [0.2, 0.25) is 0 Å². The Hall–Kier alpha value is -2.79. The Bertz CT molecular complexity index is 881. The van der Waals surface area contributed by atoms with Crippen molar-refractivity contribution in [2.45, 2.75) is 6.92 Å². The molecule has 0 saturated heterocycles. The van der Waals surface area contributed by atoms with Crippen molar-refractivity contribution in [3.05, 3.63) is 70.1 Å². The lowest BCUT2D eigenvalue weighted by atomic mass is 9.97. The predicted octanol–water partition coefficient (Wildman–Crippen LogP) is 3.75. The zero-order valence-corrected chi connectivity index (χ0v) is 11.0. The minimum Gasteiger partial charge on any atom is -0.422 e. The van der Waals surface area contributed by atoms with E-state index < -0.39 is 5.63 Å². The molecule has 0 atom stereocenters. The van der Waals surface area contributed by atoms with Gasteiger partial charge in [-0.15, -0.1) is 6.42 Å². The fourth-order valence-electron chi connectivity index (χ4n) is 2.34. The zero-order chi connectivity index (χ0) is 14.1. The van der Waals surface area contributed by atoms with Crippen LogP contribution in [-0.2, 0) is 0 Å². The summed E-state index contributed by atoms with van der Waals surface area (Å²) in [5.74, 6) is 2.46. The van der Waals surface area contributed by atoms with Crippen molar-refractivity contribution in [1.29, 1.82) is 0 Å². The van der Waals surface area contributed by atoms with E-state index in [1.54, 1.807) is 0 Å². The van der Waals surface area contributed by atoms with Crippen molar-refractivity contribution < 1.29 is 4.42 Å². The normalized spacial score (nSPS) is 10.4. The average molecular weight is 260 g/mol. The van der Waals surface area contributed by atoms with Gasteiger partial charge >= 0.3 is 5.63 Å². The van der Waals surface area contributed by atoms with E-state index in [0.717, 1.165) is 22.1 Å². The molecule has 0 aliphatic carbocycles. The number of terminal acetylenes is 1. The predicted molar refractivity (Wildman–Crippen MR) is 80.6 cm³/mol. The van der Waals surface area contributed by atoms with E-state index in [2.05, 4.69) is 5.92 Å². The maximum atomic E-state index is 12.1. The Balaban J connectivity index is 2.51. The van der Waals surface area contributed by atoms with Gasteiger partial charge < -0.3 is 4.42 Å². The summed E-state index contributed by atoms with van der Waals surface area (Å²) in [5.41, 5.74) is 3.08. The van der Waals surface area contributed by atoms with Gasteiger partial charge in [0.05, 0.1) is 0 Å². The molecule has 96 valence electrons. The molecule has 2 heteroatoms. The third-order valence-corrected chi connectivity index (χ3v) is 3.27. The summed E-state index contributed by atoms with van der Waals surface area (Å²) in [6.45, 7) is 1.96. The summed E-state index contributed by atoms with van der Waals surface area (Å²) in [7, 11) is 0. The highest BCUT2D eigenvalue weighted by atomic mass is 16.4. The highest BCUT2D eigenvalue weighted by Crippen LogP contribution is 2.30. The third kappa shape index (κ3) is 1.90. The molecular weight excluding hydrogens is 248 g/mol. The Labute approximate surface area is 116 Å². The molecule has 20 heavy (non-hydrogen) atoms. The molecule has 0 bridgehead atoms. The fourth-order valence-corrected chi connectivity index (χ4v) is 2.34. The van der Waals surface area contributed by atoms with Gasteiger partial charge in [-0.3, -0.25) is 0 Å². The second kappa shape index (κ2) is 4.71. The first kappa shape index (κ1) is 12.3. The topological polar surface area (TPSA) is 30.2 Å². The van der Waals surface area contributed by atoms with Crippen LogP contribution in [0, 0.1) is 19.3 Å². The standard InChI is InChI=1S/C18H12O2/c1-3-14-17(13-7-5-4-6-8-13)15-10-9-12(2)11-16(15)20-18(14)19/h1,4-11H,2H3. The molecule has 1 aromatic heterocycles. The summed E-state index contributed by atoms with van der Waals surface area (Å²) in [6.07, 6.45) is 5.50. The molecule has 2 aromatic carbocycles. The molecule has 0 N–H and O–H groups in total. The Morgan fingerprint density at radius 3 is 2.55 bits per heavy atom. The van der Waals surface area contributed by atoms with Gasteiger partial charge in [0.15, 0.2) is 0 Å². The molecule has 0 aliphatic heterocycles. The van der Waals surface area contributed by atoms with Crippen LogP contribution in [0.3, 0.4) is 0 Å². The minimum atomic E-state index is -0.468. The minimum absolute atomic E-state index is 0.271. The lowest BCUT2D eigenvalue weighted by Crippen LogP contribution is -2.06. The molecule has 0 unspecified atom stereocenters. The Kier molecular flexibility index (Phi) is 2.89. The van der Waals surface area contributed by atoms with Gasteiger partial charge in [-0.05, 0) is 24.1 Å². The first-order valence-corrected chi connectivity index (χ1v) is 6.30. The molecular formula is C18H12O2. The molecule has 1 heterocycles. The van der Waals surface area contributed by atoms with Crippen molar-refractivity contribution in [3.63, 3.8) is 0 Å². The van der Waals surface area contributed by atoms with E-state index in [-0.39, 0.29) is 5.56 Å².